The van der Waals surface area contributed by atoms with E-state index in [4.69, 9.17) is 21.1 Å². The van der Waals surface area contributed by atoms with Crippen LogP contribution in [0.15, 0.2) is 18.5 Å². The molecule has 1 saturated heterocycles. The number of halogens is 1. The highest BCUT2D eigenvalue weighted by molar-refractivity contribution is 6.21. The van der Waals surface area contributed by atoms with E-state index < -0.39 is 5.60 Å². The molecule has 1 aromatic heterocycles. The molecule has 1 aromatic rings. The molecular weight excluding hydrogens is 316 g/mol. The van der Waals surface area contributed by atoms with E-state index in [-0.39, 0.29) is 17.1 Å². The predicted octanol–water partition coefficient (Wildman–Crippen LogP) is 3.91. The van der Waals surface area contributed by atoms with E-state index in [0.29, 0.717) is 13.1 Å². The van der Waals surface area contributed by atoms with Gasteiger partial charge in [-0.1, -0.05) is 0 Å². The molecule has 0 saturated carbocycles. The van der Waals surface area contributed by atoms with Gasteiger partial charge in [0.2, 0.25) is 0 Å². The lowest BCUT2D eigenvalue weighted by Gasteiger charge is -2.45. The fourth-order valence-corrected chi connectivity index (χ4v) is 3.61. The van der Waals surface area contributed by atoms with Crippen LogP contribution in [0.5, 0.6) is 5.75 Å². The molecule has 23 heavy (non-hydrogen) atoms. The Kier molecular flexibility index (Phi) is 4.17. The molecule has 6 heteroatoms. The summed E-state index contributed by atoms with van der Waals surface area (Å²) in [4.78, 5) is 18.0. The van der Waals surface area contributed by atoms with Crippen LogP contribution < -0.4 is 4.74 Å². The third-order valence-corrected chi connectivity index (χ3v) is 4.74. The number of aromatic nitrogens is 1. The lowest BCUT2D eigenvalue weighted by Crippen LogP contribution is -2.52. The lowest BCUT2D eigenvalue weighted by molar-refractivity contribution is -0.0282. The number of carbonyl (C=O) groups is 1. The van der Waals surface area contributed by atoms with Crippen molar-refractivity contribution in [1.29, 1.82) is 0 Å². The van der Waals surface area contributed by atoms with Crippen molar-refractivity contribution in [2.45, 2.75) is 56.6 Å². The first-order valence-electron chi connectivity index (χ1n) is 8.03. The average molecular weight is 339 g/mol. The van der Waals surface area contributed by atoms with Gasteiger partial charge in [0.25, 0.3) is 0 Å². The summed E-state index contributed by atoms with van der Waals surface area (Å²) < 4.78 is 11.7. The second-order valence-electron chi connectivity index (χ2n) is 7.34. The van der Waals surface area contributed by atoms with Crippen LogP contribution in [0.25, 0.3) is 0 Å². The van der Waals surface area contributed by atoms with Crippen molar-refractivity contribution in [3.63, 3.8) is 0 Å². The van der Waals surface area contributed by atoms with E-state index in [1.54, 1.807) is 17.3 Å². The Morgan fingerprint density at radius 3 is 2.78 bits per heavy atom. The van der Waals surface area contributed by atoms with E-state index in [1.807, 2.05) is 26.8 Å². The highest BCUT2D eigenvalue weighted by atomic mass is 35.5. The third-order valence-electron chi connectivity index (χ3n) is 4.35. The zero-order valence-electron chi connectivity index (χ0n) is 13.8. The summed E-state index contributed by atoms with van der Waals surface area (Å²) in [6, 6.07) is 1.87. The van der Waals surface area contributed by atoms with Crippen molar-refractivity contribution in [3.05, 3.63) is 24.0 Å². The lowest BCUT2D eigenvalue weighted by atomic mass is 9.83. The quantitative estimate of drug-likeness (QED) is 0.673. The molecule has 2 aliphatic heterocycles. The van der Waals surface area contributed by atoms with E-state index in [0.717, 1.165) is 30.6 Å². The SMILES string of the molecule is CC(C)(C)OC(=O)N1CCC2(CC1)CC(Cl)c1cnccc1O2. The maximum atomic E-state index is 12.2. The monoisotopic (exact) mass is 338 g/mol. The van der Waals surface area contributed by atoms with Crippen molar-refractivity contribution in [1.82, 2.24) is 9.88 Å². The molecule has 0 N–H and O–H groups in total. The van der Waals surface area contributed by atoms with Gasteiger partial charge >= 0.3 is 6.09 Å². The number of hydrogen-bond acceptors (Lipinski definition) is 4. The molecule has 1 unspecified atom stereocenters. The van der Waals surface area contributed by atoms with Crippen molar-refractivity contribution >= 4 is 17.7 Å². The molecule has 0 radical (unpaired) electrons. The van der Waals surface area contributed by atoms with E-state index >= 15 is 0 Å². The van der Waals surface area contributed by atoms with Crippen LogP contribution in [-0.4, -0.2) is 40.3 Å². The second-order valence-corrected chi connectivity index (χ2v) is 7.86. The van der Waals surface area contributed by atoms with Crippen LogP contribution >= 0.6 is 11.6 Å². The number of alkyl halides is 1. The van der Waals surface area contributed by atoms with Gasteiger partial charge in [0.15, 0.2) is 0 Å². The Morgan fingerprint density at radius 2 is 2.13 bits per heavy atom. The summed E-state index contributed by atoms with van der Waals surface area (Å²) in [6.07, 6.45) is 5.51. The van der Waals surface area contributed by atoms with Gasteiger partial charge in [0, 0.05) is 50.3 Å². The van der Waals surface area contributed by atoms with Gasteiger partial charge in [0.1, 0.15) is 17.0 Å². The number of rotatable bonds is 0. The minimum Gasteiger partial charge on any atom is -0.487 e. The second kappa shape index (κ2) is 5.86. The van der Waals surface area contributed by atoms with Crippen LogP contribution in [0, 0.1) is 0 Å². The summed E-state index contributed by atoms with van der Waals surface area (Å²) in [6.45, 7) is 6.88. The molecule has 2 aliphatic rings. The van der Waals surface area contributed by atoms with Gasteiger partial charge in [-0.15, -0.1) is 11.6 Å². The van der Waals surface area contributed by atoms with Gasteiger partial charge in [-0.3, -0.25) is 4.98 Å². The molecule has 3 rings (SSSR count). The number of carbonyl (C=O) groups excluding carboxylic acids is 1. The predicted molar refractivity (Wildman–Crippen MR) is 87.8 cm³/mol. The molecule has 3 heterocycles. The van der Waals surface area contributed by atoms with Crippen molar-refractivity contribution in [2.75, 3.05) is 13.1 Å². The minimum absolute atomic E-state index is 0.0967. The largest absolute Gasteiger partial charge is 0.487 e. The number of fused-ring (bicyclic) bond motifs is 1. The Bertz CT molecular complexity index is 592. The molecular formula is C17H23ClN2O3. The molecule has 5 nitrogen and oxygen atoms in total. The molecule has 1 spiro atoms. The normalized spacial score (nSPS) is 23.1. The summed E-state index contributed by atoms with van der Waals surface area (Å²) in [7, 11) is 0. The number of nitrogens with zero attached hydrogens (tertiary/aromatic N) is 2. The number of pyridine rings is 1. The minimum atomic E-state index is -0.471. The molecule has 0 aromatic carbocycles. The van der Waals surface area contributed by atoms with Crippen LogP contribution in [0.4, 0.5) is 4.79 Å². The first kappa shape index (κ1) is 16.4. The van der Waals surface area contributed by atoms with Crippen LogP contribution in [0.1, 0.15) is 51.0 Å². The van der Waals surface area contributed by atoms with Gasteiger partial charge in [0.05, 0.1) is 5.38 Å². The first-order chi connectivity index (χ1) is 10.8. The van der Waals surface area contributed by atoms with Crippen LogP contribution in [0.3, 0.4) is 0 Å². The van der Waals surface area contributed by atoms with E-state index in [9.17, 15) is 4.79 Å². The fraction of sp³-hybridized carbons (Fsp3) is 0.647. The maximum absolute atomic E-state index is 12.2. The molecule has 126 valence electrons. The average Bonchev–Trinajstić information content (AvgIpc) is 2.46. The van der Waals surface area contributed by atoms with Crippen LogP contribution in [0.2, 0.25) is 0 Å². The number of hydrogen-bond donors (Lipinski definition) is 0. The number of piperidine rings is 1. The van der Waals surface area contributed by atoms with Crippen LogP contribution in [-0.2, 0) is 4.74 Å². The Hall–Kier alpha value is -1.49. The highest BCUT2D eigenvalue weighted by Gasteiger charge is 2.44. The molecule has 1 fully saturated rings. The topological polar surface area (TPSA) is 51.7 Å². The summed E-state index contributed by atoms with van der Waals surface area (Å²) >= 11 is 6.53. The van der Waals surface area contributed by atoms with Crippen molar-refractivity contribution < 1.29 is 14.3 Å². The highest BCUT2D eigenvalue weighted by Crippen LogP contribution is 2.46. The summed E-state index contributed by atoms with van der Waals surface area (Å²) in [5.74, 6) is 0.817. The number of likely N-dealkylation sites (tertiary alicyclic amines) is 1. The van der Waals surface area contributed by atoms with Gasteiger partial charge in [-0.05, 0) is 26.8 Å². The van der Waals surface area contributed by atoms with Gasteiger partial charge < -0.3 is 14.4 Å². The zero-order chi connectivity index (χ0) is 16.7. The molecule has 1 amide bonds. The molecule has 1 atom stereocenters. The fourth-order valence-electron chi connectivity index (χ4n) is 3.16. The van der Waals surface area contributed by atoms with E-state index in [2.05, 4.69) is 4.98 Å². The van der Waals surface area contributed by atoms with Gasteiger partial charge in [-0.2, -0.15) is 0 Å². The standard InChI is InChI=1S/C17H23ClN2O3/c1-16(2,3)23-15(21)20-8-5-17(6-9-20)10-13(18)12-11-19-7-4-14(12)22-17/h4,7,11,13H,5-6,8-10H2,1-3H3. The third kappa shape index (κ3) is 3.55. The Labute approximate surface area is 141 Å². The van der Waals surface area contributed by atoms with Crippen molar-refractivity contribution in [2.24, 2.45) is 0 Å². The Morgan fingerprint density at radius 1 is 1.43 bits per heavy atom. The number of ether oxygens (including phenoxy) is 2. The summed E-state index contributed by atoms with van der Waals surface area (Å²) in [5, 5.41) is -0.0967. The molecule has 0 bridgehead atoms. The molecule has 0 aliphatic carbocycles. The Balaban J connectivity index is 1.66. The summed E-state index contributed by atoms with van der Waals surface area (Å²) in [5.41, 5.74) is 0.189. The maximum Gasteiger partial charge on any atom is 0.410 e. The zero-order valence-corrected chi connectivity index (χ0v) is 14.6. The smallest absolute Gasteiger partial charge is 0.410 e. The number of amides is 1. The van der Waals surface area contributed by atoms with Gasteiger partial charge in [-0.25, -0.2) is 4.79 Å². The first-order valence-corrected chi connectivity index (χ1v) is 8.47. The van der Waals surface area contributed by atoms with Crippen molar-refractivity contribution in [3.8, 4) is 5.75 Å². The van der Waals surface area contributed by atoms with E-state index in [1.165, 1.54) is 0 Å².